The zero-order valence-electron chi connectivity index (χ0n) is 9.14. The van der Waals surface area contributed by atoms with E-state index < -0.39 is 11.5 Å². The monoisotopic (exact) mass is 230 g/mol. The fourth-order valence-corrected chi connectivity index (χ4v) is 1.31. The lowest BCUT2D eigenvalue weighted by Crippen LogP contribution is -1.91. The number of nitriles is 2. The Labute approximate surface area is 98.4 Å². The molecule has 0 saturated carbocycles. The van der Waals surface area contributed by atoms with Crippen LogP contribution in [0.25, 0.3) is 6.08 Å². The molecular formula is C12H10N2O3. The van der Waals surface area contributed by atoms with Crippen LogP contribution in [0.4, 0.5) is 0 Å². The van der Waals surface area contributed by atoms with Crippen LogP contribution in [0.5, 0.6) is 11.5 Å². The highest BCUT2D eigenvalue weighted by Gasteiger charge is 2.15. The highest BCUT2D eigenvalue weighted by Crippen LogP contribution is 2.34. The van der Waals surface area contributed by atoms with E-state index in [0.717, 1.165) is 6.07 Å². The van der Waals surface area contributed by atoms with Gasteiger partial charge in [0.05, 0.1) is 18.2 Å². The summed E-state index contributed by atoms with van der Waals surface area (Å²) in [5, 5.41) is 36.6. The number of hydrogen-bond donors (Lipinski definition) is 2. The minimum Gasteiger partial charge on any atom is -0.504 e. The maximum atomic E-state index is 9.51. The molecule has 0 bridgehead atoms. The molecule has 0 radical (unpaired) electrons. The van der Waals surface area contributed by atoms with Crippen molar-refractivity contribution in [1.82, 2.24) is 0 Å². The SMILES string of the molecule is COC/C=C/c1c(C#N)cc(O)c(O)c1C#N. The second-order valence-electron chi connectivity index (χ2n) is 3.16. The summed E-state index contributed by atoms with van der Waals surface area (Å²) in [4.78, 5) is 0. The van der Waals surface area contributed by atoms with E-state index in [4.69, 9.17) is 15.3 Å². The minimum absolute atomic E-state index is 0.115. The standard InChI is InChI=1S/C12H10N2O3/c1-17-4-2-3-9-8(6-13)5-11(15)12(16)10(9)7-14/h2-3,5,15-16H,4H2,1H3/b3-2+. The molecule has 0 heterocycles. The summed E-state index contributed by atoms with van der Waals surface area (Å²) in [6.45, 7) is 0.317. The van der Waals surface area contributed by atoms with Gasteiger partial charge in [-0.1, -0.05) is 12.2 Å². The van der Waals surface area contributed by atoms with Gasteiger partial charge >= 0.3 is 0 Å². The van der Waals surface area contributed by atoms with Gasteiger partial charge in [0.15, 0.2) is 11.5 Å². The molecule has 0 aliphatic carbocycles. The second kappa shape index (κ2) is 5.55. The number of nitrogens with zero attached hydrogens (tertiary/aromatic N) is 2. The summed E-state index contributed by atoms with van der Waals surface area (Å²) >= 11 is 0. The number of aromatic hydroxyl groups is 2. The Balaban J connectivity index is 3.41. The molecule has 0 saturated heterocycles. The summed E-state index contributed by atoms with van der Waals surface area (Å²) < 4.78 is 4.80. The van der Waals surface area contributed by atoms with Crippen LogP contribution in [0, 0.1) is 22.7 Å². The first-order valence-electron chi connectivity index (χ1n) is 4.70. The molecule has 5 heteroatoms. The lowest BCUT2D eigenvalue weighted by Gasteiger charge is -2.05. The largest absolute Gasteiger partial charge is 0.504 e. The zero-order valence-corrected chi connectivity index (χ0v) is 9.14. The van der Waals surface area contributed by atoms with Crippen LogP contribution in [-0.2, 0) is 4.74 Å². The fraction of sp³-hybridized carbons (Fsp3) is 0.167. The van der Waals surface area contributed by atoms with Gasteiger partial charge in [-0.2, -0.15) is 10.5 Å². The summed E-state index contributed by atoms with van der Waals surface area (Å²) in [6.07, 6.45) is 3.10. The number of methoxy groups -OCH3 is 1. The average molecular weight is 230 g/mol. The van der Waals surface area contributed by atoms with E-state index in [0.29, 0.717) is 6.61 Å². The average Bonchev–Trinajstić information content (AvgIpc) is 2.33. The Bertz CT molecular complexity index is 536. The van der Waals surface area contributed by atoms with E-state index in [1.807, 2.05) is 6.07 Å². The number of phenolic OH excluding ortho intramolecular Hbond substituents is 2. The van der Waals surface area contributed by atoms with Crippen LogP contribution in [0.15, 0.2) is 12.1 Å². The van der Waals surface area contributed by atoms with Crippen LogP contribution in [0.2, 0.25) is 0 Å². The van der Waals surface area contributed by atoms with Gasteiger partial charge in [-0.05, 0) is 0 Å². The van der Waals surface area contributed by atoms with Gasteiger partial charge in [0, 0.05) is 18.7 Å². The van der Waals surface area contributed by atoms with E-state index in [2.05, 4.69) is 0 Å². The predicted molar refractivity (Wildman–Crippen MR) is 60.1 cm³/mol. The van der Waals surface area contributed by atoms with Gasteiger partial charge in [-0.3, -0.25) is 0 Å². The number of benzene rings is 1. The summed E-state index contributed by atoms with van der Waals surface area (Å²) in [5.41, 5.74) is 0.250. The highest BCUT2D eigenvalue weighted by molar-refractivity contribution is 5.71. The van der Waals surface area contributed by atoms with Crippen LogP contribution in [0.3, 0.4) is 0 Å². The third kappa shape index (κ3) is 2.54. The molecule has 0 amide bonds. The number of rotatable bonds is 3. The van der Waals surface area contributed by atoms with E-state index in [1.54, 1.807) is 12.1 Å². The van der Waals surface area contributed by atoms with E-state index >= 15 is 0 Å². The highest BCUT2D eigenvalue weighted by atomic mass is 16.5. The summed E-state index contributed by atoms with van der Waals surface area (Å²) in [6, 6.07) is 4.72. The Morgan fingerprint density at radius 3 is 2.59 bits per heavy atom. The van der Waals surface area contributed by atoms with Crippen molar-refractivity contribution in [2.45, 2.75) is 0 Å². The van der Waals surface area contributed by atoms with E-state index in [-0.39, 0.29) is 16.7 Å². The third-order valence-electron chi connectivity index (χ3n) is 2.10. The van der Waals surface area contributed by atoms with Crippen molar-refractivity contribution in [3.05, 3.63) is 28.8 Å². The van der Waals surface area contributed by atoms with Gasteiger partial charge in [0.1, 0.15) is 11.6 Å². The smallest absolute Gasteiger partial charge is 0.176 e. The van der Waals surface area contributed by atoms with E-state index in [9.17, 15) is 10.2 Å². The molecular weight excluding hydrogens is 220 g/mol. The molecule has 86 valence electrons. The van der Waals surface area contributed by atoms with Crippen LogP contribution >= 0.6 is 0 Å². The van der Waals surface area contributed by atoms with Crippen molar-refractivity contribution >= 4 is 6.08 Å². The molecule has 1 aromatic carbocycles. The quantitative estimate of drug-likeness (QED) is 0.767. The molecule has 0 aliphatic heterocycles. The second-order valence-corrected chi connectivity index (χ2v) is 3.16. The first-order chi connectivity index (χ1) is 8.15. The van der Waals surface area contributed by atoms with Crippen molar-refractivity contribution in [3.8, 4) is 23.6 Å². The van der Waals surface area contributed by atoms with Crippen molar-refractivity contribution in [1.29, 1.82) is 10.5 Å². The maximum absolute atomic E-state index is 9.51. The van der Waals surface area contributed by atoms with Gasteiger partial charge in [0.2, 0.25) is 0 Å². The molecule has 0 aromatic heterocycles. The van der Waals surface area contributed by atoms with Gasteiger partial charge in [-0.15, -0.1) is 0 Å². The third-order valence-corrected chi connectivity index (χ3v) is 2.10. The Kier molecular flexibility index (Phi) is 4.10. The van der Waals surface area contributed by atoms with Gasteiger partial charge in [-0.25, -0.2) is 0 Å². The Hall–Kier alpha value is -2.50. The first kappa shape index (κ1) is 12.6. The molecule has 2 N–H and O–H groups in total. The number of hydrogen-bond acceptors (Lipinski definition) is 5. The predicted octanol–water partition coefficient (Wildman–Crippen LogP) is 1.50. The summed E-state index contributed by atoms with van der Waals surface area (Å²) in [5.74, 6) is -1.01. The molecule has 17 heavy (non-hydrogen) atoms. The lowest BCUT2D eigenvalue weighted by molar-refractivity contribution is 0.234. The van der Waals surface area contributed by atoms with Crippen molar-refractivity contribution in [2.24, 2.45) is 0 Å². The van der Waals surface area contributed by atoms with Crippen LogP contribution in [0.1, 0.15) is 16.7 Å². The number of phenols is 2. The van der Waals surface area contributed by atoms with Gasteiger partial charge < -0.3 is 14.9 Å². The maximum Gasteiger partial charge on any atom is 0.176 e. The molecule has 0 spiro atoms. The minimum atomic E-state index is -0.524. The number of ether oxygens (including phenoxy) is 1. The Morgan fingerprint density at radius 2 is 2.06 bits per heavy atom. The van der Waals surface area contributed by atoms with Crippen molar-refractivity contribution in [2.75, 3.05) is 13.7 Å². The molecule has 0 atom stereocenters. The van der Waals surface area contributed by atoms with Crippen molar-refractivity contribution < 1.29 is 14.9 Å². The molecule has 0 aliphatic rings. The first-order valence-corrected chi connectivity index (χ1v) is 4.70. The lowest BCUT2D eigenvalue weighted by atomic mass is 10.00. The topological polar surface area (TPSA) is 97.3 Å². The van der Waals surface area contributed by atoms with Crippen LogP contribution in [-0.4, -0.2) is 23.9 Å². The molecule has 0 fully saturated rings. The normalized spacial score (nSPS) is 10.1. The van der Waals surface area contributed by atoms with Crippen molar-refractivity contribution in [3.63, 3.8) is 0 Å². The van der Waals surface area contributed by atoms with Crippen LogP contribution < -0.4 is 0 Å². The molecule has 1 aromatic rings. The molecule has 5 nitrogen and oxygen atoms in total. The molecule has 0 unspecified atom stereocenters. The Morgan fingerprint density at radius 1 is 1.35 bits per heavy atom. The zero-order chi connectivity index (χ0) is 12.8. The fourth-order valence-electron chi connectivity index (χ4n) is 1.31. The van der Waals surface area contributed by atoms with Gasteiger partial charge in [0.25, 0.3) is 0 Å². The summed E-state index contributed by atoms with van der Waals surface area (Å²) in [7, 11) is 1.51. The molecule has 1 rings (SSSR count). The van der Waals surface area contributed by atoms with E-state index in [1.165, 1.54) is 13.2 Å².